The predicted molar refractivity (Wildman–Crippen MR) is 122 cm³/mol. The Bertz CT molecular complexity index is 1010. The van der Waals surface area contributed by atoms with Gasteiger partial charge in [0.1, 0.15) is 0 Å². The van der Waals surface area contributed by atoms with Crippen LogP contribution in [-0.4, -0.2) is 43.7 Å². The number of carbonyl (C=O) groups is 3. The van der Waals surface area contributed by atoms with Crippen LogP contribution in [0.2, 0.25) is 5.02 Å². The van der Waals surface area contributed by atoms with Crippen LogP contribution in [0.25, 0.3) is 0 Å². The highest BCUT2D eigenvalue weighted by molar-refractivity contribution is 6.35. The first kappa shape index (κ1) is 24.4. The largest absolute Gasteiger partial charge is 0.490 e. The number of hydrogen-bond donors (Lipinski definition) is 3. The number of halogens is 1. The van der Waals surface area contributed by atoms with E-state index >= 15 is 0 Å². The van der Waals surface area contributed by atoms with Crippen molar-refractivity contribution in [2.75, 3.05) is 25.1 Å². The van der Waals surface area contributed by atoms with Crippen LogP contribution in [-0.2, 0) is 14.4 Å². The van der Waals surface area contributed by atoms with Gasteiger partial charge in [0.25, 0.3) is 5.91 Å². The molecule has 0 radical (unpaired) electrons. The molecule has 168 valence electrons. The fourth-order valence-electron chi connectivity index (χ4n) is 2.36. The van der Waals surface area contributed by atoms with E-state index in [0.717, 1.165) is 0 Å². The van der Waals surface area contributed by atoms with Crippen molar-refractivity contribution in [3.05, 3.63) is 65.7 Å². The summed E-state index contributed by atoms with van der Waals surface area (Å²) in [5.41, 5.74) is 3.26. The van der Waals surface area contributed by atoms with E-state index in [4.69, 9.17) is 21.1 Å². The van der Waals surface area contributed by atoms with Gasteiger partial charge in [-0.25, -0.2) is 5.43 Å². The van der Waals surface area contributed by atoms with Crippen molar-refractivity contribution >= 4 is 41.2 Å². The lowest BCUT2D eigenvalue weighted by Gasteiger charge is -2.12. The van der Waals surface area contributed by atoms with Crippen molar-refractivity contribution in [2.24, 2.45) is 5.10 Å². The zero-order valence-electron chi connectivity index (χ0n) is 17.4. The van der Waals surface area contributed by atoms with Crippen LogP contribution < -0.4 is 25.5 Å². The smallest absolute Gasteiger partial charge is 0.329 e. The van der Waals surface area contributed by atoms with Gasteiger partial charge in [-0.3, -0.25) is 14.4 Å². The van der Waals surface area contributed by atoms with E-state index < -0.39 is 11.8 Å². The van der Waals surface area contributed by atoms with Gasteiger partial charge in [-0.05, 0) is 48.9 Å². The van der Waals surface area contributed by atoms with Gasteiger partial charge in [0.05, 0.1) is 12.8 Å². The van der Waals surface area contributed by atoms with E-state index in [-0.39, 0.29) is 19.1 Å². The molecule has 2 aromatic rings. The summed E-state index contributed by atoms with van der Waals surface area (Å²) in [6, 6.07) is 11.7. The molecule has 0 aliphatic rings. The average molecular weight is 459 g/mol. The number of benzene rings is 2. The summed E-state index contributed by atoms with van der Waals surface area (Å²) in [5.74, 6) is -1.34. The second-order valence-corrected chi connectivity index (χ2v) is 6.62. The highest BCUT2D eigenvalue weighted by atomic mass is 35.5. The summed E-state index contributed by atoms with van der Waals surface area (Å²) < 4.78 is 11.1. The van der Waals surface area contributed by atoms with Crippen LogP contribution in [0.5, 0.6) is 11.5 Å². The molecule has 0 saturated heterocycles. The molecule has 0 aliphatic carbocycles. The standard InChI is InChI=1S/C22H23ClN4O5/c1-3-10-24-21(29)22(30)27-25-13-15-8-9-18(19(11-15)31-4-2)32-14-20(28)26-17-7-5-6-16(23)12-17/h3,5-9,11-13H,1,4,10,14H2,2H3,(H,24,29)(H,26,28)(H,27,30)/b25-13-. The maximum atomic E-state index is 12.1. The molecule has 0 spiro atoms. The lowest BCUT2D eigenvalue weighted by Crippen LogP contribution is -2.37. The number of nitrogens with one attached hydrogen (secondary N) is 3. The summed E-state index contributed by atoms with van der Waals surface area (Å²) in [6.45, 7) is 5.55. The quantitative estimate of drug-likeness (QED) is 0.219. The maximum absolute atomic E-state index is 12.1. The van der Waals surface area contributed by atoms with Gasteiger partial charge in [-0.1, -0.05) is 23.7 Å². The Morgan fingerprint density at radius 3 is 2.62 bits per heavy atom. The molecule has 0 aliphatic heterocycles. The van der Waals surface area contributed by atoms with Crippen molar-refractivity contribution in [3.63, 3.8) is 0 Å². The fraction of sp³-hybridized carbons (Fsp3) is 0.182. The number of rotatable bonds is 10. The second-order valence-electron chi connectivity index (χ2n) is 6.18. The molecular weight excluding hydrogens is 436 g/mol. The molecule has 0 bridgehead atoms. The number of anilines is 1. The minimum Gasteiger partial charge on any atom is -0.490 e. The van der Waals surface area contributed by atoms with Gasteiger partial charge >= 0.3 is 11.8 Å². The van der Waals surface area contributed by atoms with Crippen molar-refractivity contribution < 1.29 is 23.9 Å². The van der Waals surface area contributed by atoms with Crippen molar-refractivity contribution in [1.82, 2.24) is 10.7 Å². The monoisotopic (exact) mass is 458 g/mol. The summed E-state index contributed by atoms with van der Waals surface area (Å²) in [4.78, 5) is 35.2. The molecule has 0 heterocycles. The number of carbonyl (C=O) groups excluding carboxylic acids is 3. The van der Waals surface area contributed by atoms with Crippen LogP contribution >= 0.6 is 11.6 Å². The highest BCUT2D eigenvalue weighted by Gasteiger charge is 2.12. The molecule has 2 aromatic carbocycles. The third kappa shape index (κ3) is 8.11. The molecule has 0 aromatic heterocycles. The van der Waals surface area contributed by atoms with Crippen LogP contribution in [0.4, 0.5) is 5.69 Å². The van der Waals surface area contributed by atoms with Gasteiger partial charge in [0, 0.05) is 17.3 Å². The SMILES string of the molecule is C=CCNC(=O)C(=O)N/N=C\c1ccc(OCC(=O)Nc2cccc(Cl)c2)c(OCC)c1. The van der Waals surface area contributed by atoms with Gasteiger partial charge in [-0.15, -0.1) is 6.58 Å². The first-order chi connectivity index (χ1) is 15.4. The van der Waals surface area contributed by atoms with Crippen LogP contribution in [0.15, 0.2) is 60.2 Å². The Morgan fingerprint density at radius 2 is 1.91 bits per heavy atom. The minimum absolute atomic E-state index is 0.173. The van der Waals surface area contributed by atoms with Crippen molar-refractivity contribution in [3.8, 4) is 11.5 Å². The molecule has 3 amide bonds. The van der Waals surface area contributed by atoms with Crippen molar-refractivity contribution in [1.29, 1.82) is 0 Å². The molecule has 3 N–H and O–H groups in total. The Morgan fingerprint density at radius 1 is 1.09 bits per heavy atom. The zero-order chi connectivity index (χ0) is 23.3. The molecule has 10 heteroatoms. The van der Waals surface area contributed by atoms with Crippen molar-refractivity contribution in [2.45, 2.75) is 6.92 Å². The molecule has 0 fully saturated rings. The Hall–Kier alpha value is -3.85. The first-order valence-corrected chi connectivity index (χ1v) is 9.98. The maximum Gasteiger partial charge on any atom is 0.329 e. The van der Waals surface area contributed by atoms with E-state index in [1.807, 2.05) is 0 Å². The number of amides is 3. The molecule has 0 unspecified atom stereocenters. The van der Waals surface area contributed by atoms with Gasteiger partial charge in [0.15, 0.2) is 18.1 Å². The highest BCUT2D eigenvalue weighted by Crippen LogP contribution is 2.28. The van der Waals surface area contributed by atoms with E-state index in [1.54, 1.807) is 49.4 Å². The molecule has 9 nitrogen and oxygen atoms in total. The lowest BCUT2D eigenvalue weighted by molar-refractivity contribution is -0.139. The van der Waals surface area contributed by atoms with E-state index in [1.165, 1.54) is 12.3 Å². The molecular formula is C22H23ClN4O5. The molecule has 32 heavy (non-hydrogen) atoms. The number of hydrogen-bond acceptors (Lipinski definition) is 6. The number of nitrogens with zero attached hydrogens (tertiary/aromatic N) is 1. The second kappa shape index (κ2) is 12.8. The topological polar surface area (TPSA) is 118 Å². The predicted octanol–water partition coefficient (Wildman–Crippen LogP) is 2.51. The van der Waals surface area contributed by atoms with Crippen LogP contribution in [0, 0.1) is 0 Å². The number of hydrazone groups is 1. The van der Waals surface area contributed by atoms with E-state index in [9.17, 15) is 14.4 Å². The third-order valence-electron chi connectivity index (χ3n) is 3.73. The lowest BCUT2D eigenvalue weighted by atomic mass is 10.2. The number of ether oxygens (including phenoxy) is 2. The van der Waals surface area contributed by atoms with Crippen LogP contribution in [0.1, 0.15) is 12.5 Å². The normalized spacial score (nSPS) is 10.3. The fourth-order valence-corrected chi connectivity index (χ4v) is 2.55. The summed E-state index contributed by atoms with van der Waals surface area (Å²) in [7, 11) is 0. The summed E-state index contributed by atoms with van der Waals surface area (Å²) in [6.07, 6.45) is 2.80. The summed E-state index contributed by atoms with van der Waals surface area (Å²) in [5, 5.41) is 9.28. The molecule has 2 rings (SSSR count). The molecule has 0 atom stereocenters. The van der Waals surface area contributed by atoms with Crippen LogP contribution in [0.3, 0.4) is 0 Å². The summed E-state index contributed by atoms with van der Waals surface area (Å²) >= 11 is 5.90. The van der Waals surface area contributed by atoms with Gasteiger partial charge in [-0.2, -0.15) is 5.10 Å². The van der Waals surface area contributed by atoms with Gasteiger partial charge < -0.3 is 20.1 Å². The molecule has 0 saturated carbocycles. The van der Waals surface area contributed by atoms with E-state index in [0.29, 0.717) is 34.4 Å². The average Bonchev–Trinajstić information content (AvgIpc) is 2.77. The third-order valence-corrected chi connectivity index (χ3v) is 3.96. The zero-order valence-corrected chi connectivity index (χ0v) is 18.1. The Balaban J connectivity index is 1.96. The van der Waals surface area contributed by atoms with E-state index in [2.05, 4.69) is 27.7 Å². The van der Waals surface area contributed by atoms with Gasteiger partial charge in [0.2, 0.25) is 0 Å². The Kier molecular flexibility index (Phi) is 9.73. The minimum atomic E-state index is -0.904. The Labute approximate surface area is 190 Å². The first-order valence-electron chi connectivity index (χ1n) is 9.60.